The summed E-state index contributed by atoms with van der Waals surface area (Å²) >= 11 is 2.73. The average molecular weight is 534 g/mol. The van der Waals surface area contributed by atoms with Crippen molar-refractivity contribution in [3.05, 3.63) is 21.9 Å². The highest BCUT2D eigenvalue weighted by Gasteiger charge is 2.45. The Morgan fingerprint density at radius 3 is 2.30 bits per heavy atom. The van der Waals surface area contributed by atoms with E-state index in [0.717, 1.165) is 18.9 Å². The van der Waals surface area contributed by atoms with Crippen molar-refractivity contribution >= 4 is 44.7 Å². The lowest BCUT2D eigenvalue weighted by Gasteiger charge is -2.42. The van der Waals surface area contributed by atoms with Gasteiger partial charge in [-0.05, 0) is 55.6 Å². The highest BCUT2D eigenvalue weighted by Crippen LogP contribution is 2.42. The monoisotopic (exact) mass is 533 g/mol. The molecule has 1 aromatic carbocycles. The number of anilines is 2. The Hall–Kier alpha value is -2.37. The highest BCUT2D eigenvalue weighted by atomic mass is 79.9. The third kappa shape index (κ3) is 4.41. The smallest absolute Gasteiger partial charge is 0.417 e. The van der Waals surface area contributed by atoms with E-state index in [1.54, 1.807) is 32.7 Å². The predicted octanol–water partition coefficient (Wildman–Crippen LogP) is 5.18. The molecule has 0 saturated carbocycles. The number of nitrogens with zero attached hydrogens (tertiary/aromatic N) is 4. The number of piperazine rings is 1. The fourth-order valence-electron chi connectivity index (χ4n) is 4.44. The lowest BCUT2D eigenvalue weighted by molar-refractivity contribution is -0.138. The number of nitrogens with one attached hydrogen (secondary N) is 1. The van der Waals surface area contributed by atoms with Gasteiger partial charge in [-0.15, -0.1) is 0 Å². The van der Waals surface area contributed by atoms with E-state index in [1.807, 2.05) is 4.90 Å². The van der Waals surface area contributed by atoms with Crippen LogP contribution in [0.2, 0.25) is 0 Å². The first-order valence-electron chi connectivity index (χ1n) is 10.5. The van der Waals surface area contributed by atoms with Crippen molar-refractivity contribution in [1.82, 2.24) is 14.9 Å². The predicted molar refractivity (Wildman–Crippen MR) is 119 cm³/mol. The van der Waals surface area contributed by atoms with Crippen LogP contribution in [-0.2, 0) is 10.9 Å². The molecule has 1 aromatic heterocycles. The summed E-state index contributed by atoms with van der Waals surface area (Å²) in [5.41, 5.74) is -1.99. The van der Waals surface area contributed by atoms with Crippen molar-refractivity contribution < 1.29 is 27.1 Å². The van der Waals surface area contributed by atoms with E-state index in [0.29, 0.717) is 13.1 Å². The van der Waals surface area contributed by atoms with Gasteiger partial charge in [0.05, 0.1) is 22.1 Å². The van der Waals surface area contributed by atoms with Crippen LogP contribution in [0.15, 0.2) is 10.5 Å². The molecule has 2 atom stereocenters. The molecule has 2 aliphatic heterocycles. The van der Waals surface area contributed by atoms with Crippen LogP contribution in [0.1, 0.15) is 39.2 Å². The topological polar surface area (TPSA) is 70.6 Å². The van der Waals surface area contributed by atoms with E-state index in [4.69, 9.17) is 4.74 Å². The number of hydrogen-bond donors (Lipinski definition) is 1. The molecule has 2 fully saturated rings. The van der Waals surface area contributed by atoms with Crippen LogP contribution < -0.4 is 10.2 Å². The van der Waals surface area contributed by atoms with Crippen LogP contribution in [0.3, 0.4) is 0 Å². The van der Waals surface area contributed by atoms with Crippen LogP contribution in [0, 0.1) is 5.82 Å². The number of fused-ring (bicyclic) bond motifs is 3. The number of amides is 1. The maximum Gasteiger partial charge on any atom is 0.417 e. The van der Waals surface area contributed by atoms with Gasteiger partial charge in [-0.3, -0.25) is 4.90 Å². The van der Waals surface area contributed by atoms with Crippen LogP contribution >= 0.6 is 15.9 Å². The number of carbonyl (C=O) groups is 1. The maximum atomic E-state index is 15.0. The Kier molecular flexibility index (Phi) is 5.86. The summed E-state index contributed by atoms with van der Waals surface area (Å²) in [5.74, 6) is -0.817. The average Bonchev–Trinajstić information content (AvgIpc) is 2.97. The molecule has 7 nitrogen and oxygen atoms in total. The van der Waals surface area contributed by atoms with Gasteiger partial charge in [0.15, 0.2) is 5.82 Å². The first-order chi connectivity index (χ1) is 15.3. The lowest BCUT2D eigenvalue weighted by atomic mass is 10.1. The molecule has 2 bridgehead atoms. The molecule has 2 aliphatic rings. The third-order valence-corrected chi connectivity index (χ3v) is 6.54. The summed E-state index contributed by atoms with van der Waals surface area (Å²) < 4.78 is 60.5. The number of hydrogen-bond acceptors (Lipinski definition) is 6. The van der Waals surface area contributed by atoms with E-state index in [-0.39, 0.29) is 34.8 Å². The Morgan fingerprint density at radius 1 is 1.18 bits per heavy atom. The van der Waals surface area contributed by atoms with Gasteiger partial charge in [0, 0.05) is 25.5 Å². The molecule has 180 valence electrons. The number of ether oxygens (including phenoxy) is 1. The lowest BCUT2D eigenvalue weighted by Crippen LogP contribution is -2.57. The molecular weight excluding hydrogens is 510 g/mol. The summed E-state index contributed by atoms with van der Waals surface area (Å²) in [6.45, 7) is 6.05. The fourth-order valence-corrected chi connectivity index (χ4v) is 4.96. The maximum absolute atomic E-state index is 15.0. The highest BCUT2D eigenvalue weighted by molar-refractivity contribution is 9.10. The Bertz CT molecular complexity index is 1090. The molecule has 2 aromatic rings. The normalized spacial score (nSPS) is 21.0. The van der Waals surface area contributed by atoms with Gasteiger partial charge >= 0.3 is 12.3 Å². The number of rotatable bonds is 2. The molecule has 2 unspecified atom stereocenters. The second-order valence-corrected chi connectivity index (χ2v) is 10.0. The minimum absolute atomic E-state index is 0.0351. The van der Waals surface area contributed by atoms with Crippen molar-refractivity contribution in [2.45, 2.75) is 57.5 Å². The van der Waals surface area contributed by atoms with Crippen molar-refractivity contribution in [2.75, 3.05) is 30.4 Å². The number of benzene rings is 1. The van der Waals surface area contributed by atoms with Crippen LogP contribution in [0.25, 0.3) is 10.9 Å². The third-order valence-electron chi connectivity index (χ3n) is 5.77. The molecule has 0 radical (unpaired) electrons. The molecule has 33 heavy (non-hydrogen) atoms. The van der Waals surface area contributed by atoms with Gasteiger partial charge < -0.3 is 15.0 Å². The minimum atomic E-state index is -4.76. The second-order valence-electron chi connectivity index (χ2n) is 9.24. The summed E-state index contributed by atoms with van der Waals surface area (Å²) in [6.07, 6.45) is -3.71. The zero-order valence-electron chi connectivity index (χ0n) is 18.6. The van der Waals surface area contributed by atoms with E-state index in [2.05, 4.69) is 31.2 Å². The standard InChI is InChI=1S/C21H24BrF4N5O2/c1-20(2,3)33-19(32)31-10-5-6-11(31)9-30(8-10)17-12-7-13(21(24,25)26)14(22)15(23)16(12)28-18(27-4)29-17/h7,10-11H,5-6,8-9H2,1-4H3,(H,27,28,29). The minimum Gasteiger partial charge on any atom is -0.444 e. The SMILES string of the molecule is CNc1nc(N2CC3CCC(C2)N3C(=O)OC(C)(C)C)c2cc(C(F)(F)F)c(Br)c(F)c2n1. The van der Waals surface area contributed by atoms with Gasteiger partial charge in [0.1, 0.15) is 16.9 Å². The quantitative estimate of drug-likeness (QED) is 0.536. The Balaban J connectivity index is 1.76. The van der Waals surface area contributed by atoms with Crippen molar-refractivity contribution in [2.24, 2.45) is 0 Å². The molecule has 12 heteroatoms. The van der Waals surface area contributed by atoms with Crippen molar-refractivity contribution in [3.8, 4) is 0 Å². The Labute approximate surface area is 196 Å². The second kappa shape index (κ2) is 8.14. The zero-order valence-corrected chi connectivity index (χ0v) is 20.1. The first kappa shape index (κ1) is 23.8. The molecule has 0 aliphatic carbocycles. The number of aromatic nitrogens is 2. The summed E-state index contributed by atoms with van der Waals surface area (Å²) in [4.78, 5) is 24.7. The van der Waals surface area contributed by atoms with Crippen molar-refractivity contribution in [1.29, 1.82) is 0 Å². The van der Waals surface area contributed by atoms with Gasteiger partial charge in [0.25, 0.3) is 0 Å². The number of halogens is 5. The molecule has 1 amide bonds. The molecule has 0 spiro atoms. The van der Waals surface area contributed by atoms with Crippen LogP contribution in [0.5, 0.6) is 0 Å². The van der Waals surface area contributed by atoms with E-state index >= 15 is 0 Å². The molecular formula is C21H24BrF4N5O2. The number of carbonyl (C=O) groups excluding carboxylic acids is 1. The van der Waals surface area contributed by atoms with Crippen LogP contribution in [-0.4, -0.2) is 58.8 Å². The Morgan fingerprint density at radius 2 is 1.79 bits per heavy atom. The summed E-state index contributed by atoms with van der Waals surface area (Å²) in [5, 5.41) is 2.71. The van der Waals surface area contributed by atoms with Gasteiger partial charge in [-0.25, -0.2) is 14.2 Å². The van der Waals surface area contributed by atoms with Gasteiger partial charge in [-0.1, -0.05) is 0 Å². The molecule has 2 saturated heterocycles. The van der Waals surface area contributed by atoms with Crippen molar-refractivity contribution in [3.63, 3.8) is 0 Å². The largest absolute Gasteiger partial charge is 0.444 e. The number of alkyl halides is 3. The van der Waals surface area contributed by atoms with Gasteiger partial charge in [-0.2, -0.15) is 18.2 Å². The molecule has 1 N–H and O–H groups in total. The van der Waals surface area contributed by atoms with Crippen LogP contribution in [0.4, 0.5) is 34.1 Å². The summed E-state index contributed by atoms with van der Waals surface area (Å²) in [7, 11) is 1.55. The van der Waals surface area contributed by atoms with E-state index in [1.165, 1.54) is 0 Å². The molecule has 4 rings (SSSR count). The van der Waals surface area contributed by atoms with Gasteiger partial charge in [0.2, 0.25) is 5.95 Å². The molecule has 3 heterocycles. The zero-order chi connectivity index (χ0) is 24.3. The first-order valence-corrected chi connectivity index (χ1v) is 11.3. The van der Waals surface area contributed by atoms with E-state index in [9.17, 15) is 22.4 Å². The fraction of sp³-hybridized carbons (Fsp3) is 0.571. The van der Waals surface area contributed by atoms with E-state index < -0.39 is 33.7 Å². The summed E-state index contributed by atoms with van der Waals surface area (Å²) in [6, 6.07) is 0.493.